The molecule has 1 aromatic carbocycles. The average molecular weight is 155 g/mol. The second kappa shape index (κ2) is 3.34. The van der Waals surface area contributed by atoms with Crippen LogP contribution in [-0.4, -0.2) is 11.4 Å². The van der Waals surface area contributed by atoms with E-state index in [0.29, 0.717) is 0 Å². The van der Waals surface area contributed by atoms with Gasteiger partial charge in [0.2, 0.25) is 0 Å². The maximum Gasteiger partial charge on any atom is 0.197 e. The Kier molecular flexibility index (Phi) is 2.44. The van der Waals surface area contributed by atoms with Crippen molar-refractivity contribution in [3.05, 3.63) is 37.0 Å². The van der Waals surface area contributed by atoms with Crippen molar-refractivity contribution in [1.82, 2.24) is 0 Å². The summed E-state index contributed by atoms with van der Waals surface area (Å²) in [5.74, 6) is -0.495. The Labute approximate surface area is 64.2 Å². The van der Waals surface area contributed by atoms with E-state index in [1.54, 1.807) is 6.07 Å². The fraction of sp³-hybridized carbons (Fsp3) is 0.125. The van der Waals surface area contributed by atoms with Gasteiger partial charge in [-0.15, -0.1) is 0 Å². The maximum absolute atomic E-state index is 12.7. The molecule has 0 spiro atoms. The SMILES string of the molecule is [CH2]C(O)Oc1ccccc1F. The van der Waals surface area contributed by atoms with Crippen molar-refractivity contribution in [2.24, 2.45) is 0 Å². The first-order chi connectivity index (χ1) is 5.20. The summed E-state index contributed by atoms with van der Waals surface area (Å²) in [4.78, 5) is 0. The standard InChI is InChI=1S/C8H8FO2/c1-6(10)11-8-5-3-2-4-7(8)9/h2-6,10H,1H2. The van der Waals surface area contributed by atoms with E-state index in [1.807, 2.05) is 0 Å². The highest BCUT2D eigenvalue weighted by atomic mass is 19.1. The molecule has 11 heavy (non-hydrogen) atoms. The maximum atomic E-state index is 12.7. The molecule has 0 aliphatic heterocycles. The van der Waals surface area contributed by atoms with E-state index < -0.39 is 12.1 Å². The lowest BCUT2D eigenvalue weighted by Crippen LogP contribution is -2.10. The Morgan fingerprint density at radius 3 is 2.64 bits per heavy atom. The highest BCUT2D eigenvalue weighted by molar-refractivity contribution is 5.23. The van der Waals surface area contributed by atoms with Gasteiger partial charge >= 0.3 is 0 Å². The van der Waals surface area contributed by atoms with Crippen LogP contribution in [0.15, 0.2) is 24.3 Å². The van der Waals surface area contributed by atoms with Gasteiger partial charge in [-0.1, -0.05) is 12.1 Å². The van der Waals surface area contributed by atoms with Gasteiger partial charge in [-0.05, 0) is 12.1 Å². The minimum atomic E-state index is -1.23. The molecule has 1 radical (unpaired) electrons. The molecule has 2 nitrogen and oxygen atoms in total. The molecular formula is C8H8FO2. The molecule has 0 heterocycles. The van der Waals surface area contributed by atoms with E-state index in [2.05, 4.69) is 11.7 Å². The largest absolute Gasteiger partial charge is 0.462 e. The van der Waals surface area contributed by atoms with Crippen LogP contribution >= 0.6 is 0 Å². The van der Waals surface area contributed by atoms with Crippen LogP contribution in [0.5, 0.6) is 5.75 Å². The van der Waals surface area contributed by atoms with Crippen LogP contribution in [0.1, 0.15) is 0 Å². The monoisotopic (exact) mass is 155 g/mol. The third-order valence-corrected chi connectivity index (χ3v) is 1.10. The minimum Gasteiger partial charge on any atom is -0.462 e. The van der Waals surface area contributed by atoms with Gasteiger partial charge in [-0.3, -0.25) is 0 Å². The van der Waals surface area contributed by atoms with Crippen LogP contribution in [0.3, 0.4) is 0 Å². The summed E-state index contributed by atoms with van der Waals surface area (Å²) < 4.78 is 17.3. The van der Waals surface area contributed by atoms with Crippen molar-refractivity contribution >= 4 is 0 Å². The molecule has 1 rings (SSSR count). The Bertz CT molecular complexity index is 235. The first kappa shape index (κ1) is 8.01. The molecule has 1 N–H and O–H groups in total. The van der Waals surface area contributed by atoms with E-state index in [4.69, 9.17) is 5.11 Å². The van der Waals surface area contributed by atoms with E-state index in [1.165, 1.54) is 18.2 Å². The van der Waals surface area contributed by atoms with E-state index >= 15 is 0 Å². The van der Waals surface area contributed by atoms with Crippen LogP contribution < -0.4 is 4.74 Å². The van der Waals surface area contributed by atoms with Crippen LogP contribution in [0.4, 0.5) is 4.39 Å². The quantitative estimate of drug-likeness (QED) is 0.653. The number of rotatable bonds is 2. The topological polar surface area (TPSA) is 29.5 Å². The van der Waals surface area contributed by atoms with E-state index in [-0.39, 0.29) is 5.75 Å². The summed E-state index contributed by atoms with van der Waals surface area (Å²) >= 11 is 0. The lowest BCUT2D eigenvalue weighted by molar-refractivity contribution is 0.0192. The third-order valence-electron chi connectivity index (χ3n) is 1.10. The zero-order chi connectivity index (χ0) is 8.27. The molecule has 0 saturated heterocycles. The molecule has 0 aliphatic rings. The Morgan fingerprint density at radius 2 is 2.09 bits per heavy atom. The normalized spacial score (nSPS) is 12.6. The summed E-state index contributed by atoms with van der Waals surface area (Å²) in [5.41, 5.74) is 0. The molecule has 0 bridgehead atoms. The van der Waals surface area contributed by atoms with Gasteiger partial charge in [-0.25, -0.2) is 4.39 Å². The summed E-state index contributed by atoms with van der Waals surface area (Å²) in [6, 6.07) is 5.82. The second-order valence-corrected chi connectivity index (χ2v) is 2.00. The first-order valence-electron chi connectivity index (χ1n) is 3.12. The average Bonchev–Trinajstić information content (AvgIpc) is 1.93. The summed E-state index contributed by atoms with van der Waals surface area (Å²) in [7, 11) is 0. The van der Waals surface area contributed by atoms with Crippen molar-refractivity contribution in [2.45, 2.75) is 6.29 Å². The number of benzene rings is 1. The molecule has 0 fully saturated rings. The number of aliphatic hydroxyl groups excluding tert-OH is 1. The Hall–Kier alpha value is -1.09. The minimum absolute atomic E-state index is 0.00926. The first-order valence-corrected chi connectivity index (χ1v) is 3.12. The van der Waals surface area contributed by atoms with Gasteiger partial charge < -0.3 is 9.84 Å². The Morgan fingerprint density at radius 1 is 1.45 bits per heavy atom. The number of ether oxygens (including phenoxy) is 1. The number of hydrogen-bond acceptors (Lipinski definition) is 2. The van der Waals surface area contributed by atoms with Crippen LogP contribution in [0, 0.1) is 12.7 Å². The second-order valence-electron chi connectivity index (χ2n) is 2.00. The fourth-order valence-corrected chi connectivity index (χ4v) is 0.687. The zero-order valence-electron chi connectivity index (χ0n) is 5.83. The number of hydrogen-bond donors (Lipinski definition) is 1. The zero-order valence-corrected chi connectivity index (χ0v) is 5.83. The van der Waals surface area contributed by atoms with Crippen molar-refractivity contribution in [2.75, 3.05) is 0 Å². The predicted molar refractivity (Wildman–Crippen MR) is 38.4 cm³/mol. The van der Waals surface area contributed by atoms with Crippen LogP contribution in [0.2, 0.25) is 0 Å². The Balaban J connectivity index is 2.78. The number of para-hydroxylation sites is 1. The van der Waals surface area contributed by atoms with Crippen LogP contribution in [0.25, 0.3) is 0 Å². The summed E-state index contributed by atoms with van der Waals surface area (Å²) in [5, 5.41) is 8.63. The predicted octanol–water partition coefficient (Wildman–Crippen LogP) is 1.36. The van der Waals surface area contributed by atoms with Gasteiger partial charge in [0.25, 0.3) is 0 Å². The highest BCUT2D eigenvalue weighted by Crippen LogP contribution is 2.15. The molecule has 0 saturated carbocycles. The molecule has 0 amide bonds. The molecular weight excluding hydrogens is 147 g/mol. The van der Waals surface area contributed by atoms with Gasteiger partial charge in [0.15, 0.2) is 17.9 Å². The molecule has 1 unspecified atom stereocenters. The van der Waals surface area contributed by atoms with E-state index in [9.17, 15) is 4.39 Å². The smallest absolute Gasteiger partial charge is 0.197 e. The number of halogens is 1. The van der Waals surface area contributed by atoms with Gasteiger partial charge in [0.05, 0.1) is 0 Å². The van der Waals surface area contributed by atoms with Crippen molar-refractivity contribution < 1.29 is 14.2 Å². The molecule has 0 aliphatic carbocycles. The van der Waals surface area contributed by atoms with Gasteiger partial charge in [0, 0.05) is 6.92 Å². The van der Waals surface area contributed by atoms with Crippen molar-refractivity contribution in [3.63, 3.8) is 0 Å². The lowest BCUT2D eigenvalue weighted by atomic mass is 10.3. The van der Waals surface area contributed by atoms with Crippen LogP contribution in [-0.2, 0) is 0 Å². The molecule has 1 atom stereocenters. The van der Waals surface area contributed by atoms with Gasteiger partial charge in [0.1, 0.15) is 0 Å². The van der Waals surface area contributed by atoms with Crippen molar-refractivity contribution in [3.8, 4) is 5.75 Å². The fourth-order valence-electron chi connectivity index (χ4n) is 0.687. The summed E-state index contributed by atoms with van der Waals surface area (Å²) in [6.07, 6.45) is -1.23. The third kappa shape index (κ3) is 2.20. The molecule has 3 heteroatoms. The van der Waals surface area contributed by atoms with Crippen molar-refractivity contribution in [1.29, 1.82) is 0 Å². The van der Waals surface area contributed by atoms with E-state index in [0.717, 1.165) is 0 Å². The lowest BCUT2D eigenvalue weighted by Gasteiger charge is -2.07. The molecule has 1 aromatic rings. The molecule has 0 aromatic heterocycles. The number of aliphatic hydroxyl groups is 1. The molecule has 59 valence electrons. The highest BCUT2D eigenvalue weighted by Gasteiger charge is 2.03. The van der Waals surface area contributed by atoms with Gasteiger partial charge in [-0.2, -0.15) is 0 Å². The summed E-state index contributed by atoms with van der Waals surface area (Å²) in [6.45, 7) is 3.14.